The van der Waals surface area contributed by atoms with Crippen LogP contribution in [-0.4, -0.2) is 60.3 Å². The van der Waals surface area contributed by atoms with Gasteiger partial charge in [0, 0.05) is 6.54 Å². The molecule has 2 atom stereocenters. The molecule has 1 aromatic carbocycles. The van der Waals surface area contributed by atoms with E-state index in [1.807, 2.05) is 32.0 Å². The number of nitrogens with zero attached hydrogens (tertiary/aromatic N) is 1. The van der Waals surface area contributed by atoms with Gasteiger partial charge < -0.3 is 30.1 Å². The summed E-state index contributed by atoms with van der Waals surface area (Å²) in [4.78, 5) is 37.8. The van der Waals surface area contributed by atoms with Gasteiger partial charge in [-0.3, -0.25) is 4.79 Å². The number of amides is 3. The van der Waals surface area contributed by atoms with Crippen LogP contribution in [0.5, 0.6) is 11.5 Å². The van der Waals surface area contributed by atoms with Crippen LogP contribution in [0.25, 0.3) is 0 Å². The van der Waals surface area contributed by atoms with Crippen molar-refractivity contribution in [2.45, 2.75) is 45.2 Å². The number of rotatable bonds is 7. The average molecular weight is 419 g/mol. The topological polar surface area (TPSA) is 117 Å². The number of urea groups is 1. The predicted molar refractivity (Wildman–Crippen MR) is 109 cm³/mol. The fourth-order valence-electron chi connectivity index (χ4n) is 3.84. The summed E-state index contributed by atoms with van der Waals surface area (Å²) < 4.78 is 11.2. The van der Waals surface area contributed by atoms with Crippen LogP contribution in [-0.2, 0) is 9.59 Å². The summed E-state index contributed by atoms with van der Waals surface area (Å²) in [5.74, 6) is 0.195. The van der Waals surface area contributed by atoms with Gasteiger partial charge in [-0.2, -0.15) is 0 Å². The Hall–Kier alpha value is -2.97. The molecule has 0 bridgehead atoms. The minimum Gasteiger partial charge on any atom is -0.486 e. The predicted octanol–water partition coefficient (Wildman–Crippen LogP) is 1.92. The number of aliphatic carboxylic acids is 1. The van der Waals surface area contributed by atoms with Crippen LogP contribution in [0.1, 0.15) is 44.7 Å². The molecule has 0 radical (unpaired) electrons. The number of hydrogen-bond acceptors (Lipinski definition) is 5. The molecule has 30 heavy (non-hydrogen) atoms. The number of carboxylic acids is 1. The number of likely N-dealkylation sites (tertiary alicyclic amines) is 1. The number of carboxylic acid groups (broad SMARTS) is 1. The summed E-state index contributed by atoms with van der Waals surface area (Å²) in [5.41, 5.74) is 0.970. The molecule has 2 heterocycles. The van der Waals surface area contributed by atoms with Crippen LogP contribution in [0.3, 0.4) is 0 Å². The van der Waals surface area contributed by atoms with Gasteiger partial charge in [-0.1, -0.05) is 19.9 Å². The van der Waals surface area contributed by atoms with Crippen LogP contribution < -0.4 is 20.1 Å². The lowest BCUT2D eigenvalue weighted by Crippen LogP contribution is -2.49. The van der Waals surface area contributed by atoms with E-state index >= 15 is 0 Å². The summed E-state index contributed by atoms with van der Waals surface area (Å²) >= 11 is 0. The number of carbonyl (C=O) groups excluding carboxylic acids is 2. The van der Waals surface area contributed by atoms with Crippen molar-refractivity contribution in [1.82, 2.24) is 15.5 Å². The van der Waals surface area contributed by atoms with E-state index in [-0.39, 0.29) is 24.4 Å². The van der Waals surface area contributed by atoms with E-state index in [9.17, 15) is 19.5 Å². The number of benzene rings is 1. The molecule has 3 rings (SSSR count). The normalized spacial score (nSPS) is 18.8. The maximum absolute atomic E-state index is 12.7. The third kappa shape index (κ3) is 5.34. The molecule has 1 saturated heterocycles. The molecule has 0 unspecified atom stereocenters. The first-order valence-electron chi connectivity index (χ1n) is 10.3. The van der Waals surface area contributed by atoms with Gasteiger partial charge in [0.2, 0.25) is 5.91 Å². The van der Waals surface area contributed by atoms with Crippen LogP contribution in [0, 0.1) is 5.92 Å². The second-order valence-corrected chi connectivity index (χ2v) is 8.00. The largest absolute Gasteiger partial charge is 0.486 e. The number of ether oxygens (including phenoxy) is 2. The van der Waals surface area contributed by atoms with Gasteiger partial charge in [-0.05, 0) is 42.9 Å². The molecule has 3 N–H and O–H groups in total. The van der Waals surface area contributed by atoms with Crippen LogP contribution >= 0.6 is 0 Å². The second-order valence-electron chi connectivity index (χ2n) is 8.00. The lowest BCUT2D eigenvalue weighted by atomic mass is 10.0. The summed E-state index contributed by atoms with van der Waals surface area (Å²) in [6.45, 7) is 5.19. The van der Waals surface area contributed by atoms with Crippen LogP contribution in [0.4, 0.5) is 4.79 Å². The molecule has 1 aromatic rings. The molecule has 2 aliphatic heterocycles. The first-order valence-corrected chi connectivity index (χ1v) is 10.3. The van der Waals surface area contributed by atoms with E-state index in [0.29, 0.717) is 37.7 Å². The lowest BCUT2D eigenvalue weighted by Gasteiger charge is -2.27. The maximum Gasteiger partial charge on any atom is 0.326 e. The summed E-state index contributed by atoms with van der Waals surface area (Å²) in [6.07, 6.45) is 2.01. The minimum atomic E-state index is -1.09. The van der Waals surface area contributed by atoms with E-state index in [0.717, 1.165) is 18.4 Å². The van der Waals surface area contributed by atoms with Crippen LogP contribution in [0.2, 0.25) is 0 Å². The molecule has 0 aliphatic carbocycles. The molecule has 2 aliphatic rings. The zero-order valence-corrected chi connectivity index (χ0v) is 17.3. The van der Waals surface area contributed by atoms with E-state index in [2.05, 4.69) is 10.6 Å². The van der Waals surface area contributed by atoms with Crippen molar-refractivity contribution in [3.05, 3.63) is 23.8 Å². The molecular weight excluding hydrogens is 390 g/mol. The van der Waals surface area contributed by atoms with Crippen molar-refractivity contribution in [2.75, 3.05) is 26.3 Å². The van der Waals surface area contributed by atoms with E-state index in [1.165, 1.54) is 0 Å². The molecule has 3 amide bonds. The van der Waals surface area contributed by atoms with Gasteiger partial charge >= 0.3 is 12.0 Å². The van der Waals surface area contributed by atoms with Gasteiger partial charge in [0.05, 0.1) is 12.6 Å². The zero-order valence-electron chi connectivity index (χ0n) is 17.3. The third-order valence-corrected chi connectivity index (χ3v) is 5.23. The second kappa shape index (κ2) is 9.69. The Bertz CT molecular complexity index is 797. The monoisotopic (exact) mass is 419 g/mol. The molecule has 9 heteroatoms. The smallest absolute Gasteiger partial charge is 0.326 e. The number of hydrogen-bond donors (Lipinski definition) is 3. The maximum atomic E-state index is 12.7. The number of carbonyl (C=O) groups is 3. The summed E-state index contributed by atoms with van der Waals surface area (Å²) in [7, 11) is 0. The van der Waals surface area contributed by atoms with Crippen molar-refractivity contribution in [1.29, 1.82) is 0 Å². The third-order valence-electron chi connectivity index (χ3n) is 5.23. The summed E-state index contributed by atoms with van der Waals surface area (Å²) in [6, 6.07) is 3.97. The Kier molecular flexibility index (Phi) is 7.02. The molecule has 164 valence electrons. The number of fused-ring (bicyclic) bond motifs is 1. The quantitative estimate of drug-likeness (QED) is 0.622. The molecule has 0 spiro atoms. The average Bonchev–Trinajstić information content (AvgIpc) is 3.20. The molecular formula is C21H29N3O6. The highest BCUT2D eigenvalue weighted by atomic mass is 16.6. The van der Waals surface area contributed by atoms with Crippen molar-refractivity contribution in [3.8, 4) is 11.5 Å². The van der Waals surface area contributed by atoms with Crippen molar-refractivity contribution < 1.29 is 29.0 Å². The standard InChI is InChI=1S/C21H29N3O6/c1-13(2)10-15(20(26)27)23-21(28)22-12-19(25)24-7-3-4-16(24)14-5-6-17-18(11-14)30-9-8-29-17/h5-6,11,13,15-16H,3-4,7-10,12H2,1-2H3,(H,26,27)(H2,22,23,28)/t15-,16+/m0/s1. The van der Waals surface area contributed by atoms with E-state index in [4.69, 9.17) is 9.47 Å². The van der Waals surface area contributed by atoms with E-state index < -0.39 is 18.0 Å². The Morgan fingerprint density at radius 1 is 1.20 bits per heavy atom. The SMILES string of the molecule is CC(C)C[C@H](NC(=O)NCC(=O)N1CCC[C@@H]1c1ccc2c(c1)OCCO2)C(=O)O. The molecule has 0 saturated carbocycles. The van der Waals surface area contributed by atoms with Crippen molar-refractivity contribution in [3.63, 3.8) is 0 Å². The first kappa shape index (κ1) is 21.7. The lowest BCUT2D eigenvalue weighted by molar-refractivity contribution is -0.139. The van der Waals surface area contributed by atoms with Gasteiger partial charge in [0.1, 0.15) is 19.3 Å². The number of nitrogens with one attached hydrogen (secondary N) is 2. The van der Waals surface area contributed by atoms with Gasteiger partial charge in [-0.25, -0.2) is 9.59 Å². The molecule has 0 aromatic heterocycles. The minimum absolute atomic E-state index is 0.0918. The molecule has 9 nitrogen and oxygen atoms in total. The van der Waals surface area contributed by atoms with E-state index in [1.54, 1.807) is 4.90 Å². The Morgan fingerprint density at radius 3 is 2.63 bits per heavy atom. The zero-order chi connectivity index (χ0) is 21.7. The fraction of sp³-hybridized carbons (Fsp3) is 0.571. The van der Waals surface area contributed by atoms with Gasteiger partial charge in [-0.15, -0.1) is 0 Å². The highest BCUT2D eigenvalue weighted by Gasteiger charge is 2.31. The highest BCUT2D eigenvalue weighted by molar-refractivity contribution is 5.86. The Labute approximate surface area is 175 Å². The van der Waals surface area contributed by atoms with Crippen molar-refractivity contribution >= 4 is 17.9 Å². The van der Waals surface area contributed by atoms with Crippen molar-refractivity contribution in [2.24, 2.45) is 5.92 Å². The molecule has 1 fully saturated rings. The van der Waals surface area contributed by atoms with Gasteiger partial charge in [0.25, 0.3) is 0 Å². The Morgan fingerprint density at radius 2 is 1.93 bits per heavy atom. The van der Waals surface area contributed by atoms with Crippen LogP contribution in [0.15, 0.2) is 18.2 Å². The first-order chi connectivity index (χ1) is 14.3. The Balaban J connectivity index is 1.57. The summed E-state index contributed by atoms with van der Waals surface area (Å²) in [5, 5.41) is 14.1. The fourth-order valence-corrected chi connectivity index (χ4v) is 3.84. The highest BCUT2D eigenvalue weighted by Crippen LogP contribution is 2.38. The van der Waals surface area contributed by atoms with Gasteiger partial charge in [0.15, 0.2) is 11.5 Å².